The quantitative estimate of drug-likeness (QED) is 0.825. The fourth-order valence-corrected chi connectivity index (χ4v) is 3.71. The molecule has 1 aromatic heterocycles. The van der Waals surface area contributed by atoms with E-state index in [0.717, 1.165) is 22.8 Å². The highest BCUT2D eigenvalue weighted by Crippen LogP contribution is 2.22. The Bertz CT molecular complexity index is 861. The van der Waals surface area contributed by atoms with Crippen LogP contribution in [0.25, 0.3) is 11.3 Å². The number of aromatic nitrogens is 2. The summed E-state index contributed by atoms with van der Waals surface area (Å²) in [6, 6.07) is 11.4. The number of carbonyl (C=O) groups excluding carboxylic acids is 2. The summed E-state index contributed by atoms with van der Waals surface area (Å²) in [4.78, 5) is 27.8. The molecule has 2 aliphatic heterocycles. The standard InChI is InChI=1S/C21H25N5O3/c1-2-29-16-5-3-15(4-6-16)17-7-9-19(24-23-17)25-11-13-26(14-12-25)21(28)18-8-10-20(27)22-18/h3-7,9,18H,2,8,10-14H2,1H3,(H,22,27). The Balaban J connectivity index is 1.34. The van der Waals surface area contributed by atoms with Crippen LogP contribution in [-0.4, -0.2) is 65.7 Å². The monoisotopic (exact) mass is 395 g/mol. The van der Waals surface area contributed by atoms with Crippen LogP contribution in [0, 0.1) is 0 Å². The number of anilines is 1. The Kier molecular flexibility index (Phi) is 5.59. The topological polar surface area (TPSA) is 87.7 Å². The van der Waals surface area contributed by atoms with Gasteiger partial charge in [-0.1, -0.05) is 0 Å². The Morgan fingerprint density at radius 3 is 2.45 bits per heavy atom. The molecule has 2 saturated heterocycles. The summed E-state index contributed by atoms with van der Waals surface area (Å²) in [6.45, 7) is 5.23. The van der Waals surface area contributed by atoms with Gasteiger partial charge in [0.15, 0.2) is 5.82 Å². The summed E-state index contributed by atoms with van der Waals surface area (Å²) in [7, 11) is 0. The van der Waals surface area contributed by atoms with Crippen molar-refractivity contribution in [2.45, 2.75) is 25.8 Å². The predicted molar refractivity (Wildman–Crippen MR) is 109 cm³/mol. The second-order valence-corrected chi connectivity index (χ2v) is 7.21. The van der Waals surface area contributed by atoms with Crippen molar-refractivity contribution in [1.29, 1.82) is 0 Å². The number of piperazine rings is 1. The molecular weight excluding hydrogens is 370 g/mol. The van der Waals surface area contributed by atoms with Crippen LogP contribution in [0.2, 0.25) is 0 Å². The normalized spacial score (nSPS) is 19.2. The van der Waals surface area contributed by atoms with Crippen molar-refractivity contribution >= 4 is 17.6 Å². The third-order valence-electron chi connectivity index (χ3n) is 5.32. The highest BCUT2D eigenvalue weighted by atomic mass is 16.5. The molecule has 0 spiro atoms. The van der Waals surface area contributed by atoms with E-state index in [-0.39, 0.29) is 17.9 Å². The van der Waals surface area contributed by atoms with Crippen LogP contribution in [0.1, 0.15) is 19.8 Å². The molecule has 8 nitrogen and oxygen atoms in total. The summed E-state index contributed by atoms with van der Waals surface area (Å²) in [5.74, 6) is 1.63. The molecule has 0 radical (unpaired) electrons. The molecule has 152 valence electrons. The fraction of sp³-hybridized carbons (Fsp3) is 0.429. The molecule has 0 bridgehead atoms. The Morgan fingerprint density at radius 1 is 1.10 bits per heavy atom. The molecule has 1 atom stereocenters. The third kappa shape index (κ3) is 4.31. The maximum atomic E-state index is 12.5. The van der Waals surface area contributed by atoms with Gasteiger partial charge in [-0.05, 0) is 49.7 Å². The first-order chi connectivity index (χ1) is 14.1. The minimum Gasteiger partial charge on any atom is -0.494 e. The van der Waals surface area contributed by atoms with E-state index in [1.807, 2.05) is 48.2 Å². The van der Waals surface area contributed by atoms with Crippen LogP contribution < -0.4 is 15.0 Å². The van der Waals surface area contributed by atoms with Gasteiger partial charge in [0.2, 0.25) is 11.8 Å². The highest BCUT2D eigenvalue weighted by molar-refractivity contribution is 5.90. The second-order valence-electron chi connectivity index (χ2n) is 7.21. The van der Waals surface area contributed by atoms with Crippen molar-refractivity contribution in [3.63, 3.8) is 0 Å². The van der Waals surface area contributed by atoms with E-state index in [4.69, 9.17) is 4.74 Å². The van der Waals surface area contributed by atoms with Gasteiger partial charge in [-0.3, -0.25) is 9.59 Å². The first-order valence-electron chi connectivity index (χ1n) is 10.0. The molecule has 0 saturated carbocycles. The molecular formula is C21H25N5O3. The highest BCUT2D eigenvalue weighted by Gasteiger charge is 2.32. The van der Waals surface area contributed by atoms with Gasteiger partial charge < -0.3 is 19.9 Å². The van der Waals surface area contributed by atoms with Gasteiger partial charge in [0.25, 0.3) is 0 Å². The van der Waals surface area contributed by atoms with Gasteiger partial charge in [0.1, 0.15) is 11.8 Å². The molecule has 0 aliphatic carbocycles. The van der Waals surface area contributed by atoms with Crippen molar-refractivity contribution in [1.82, 2.24) is 20.4 Å². The molecule has 1 unspecified atom stereocenters. The number of amides is 2. The fourth-order valence-electron chi connectivity index (χ4n) is 3.71. The number of ether oxygens (including phenoxy) is 1. The van der Waals surface area contributed by atoms with Crippen LogP contribution in [0.15, 0.2) is 36.4 Å². The maximum absolute atomic E-state index is 12.5. The summed E-state index contributed by atoms with van der Waals surface area (Å²) >= 11 is 0. The number of nitrogens with zero attached hydrogens (tertiary/aromatic N) is 4. The van der Waals surface area contributed by atoms with Crippen molar-refractivity contribution < 1.29 is 14.3 Å². The minimum absolute atomic E-state index is 0.0208. The molecule has 4 rings (SSSR count). The SMILES string of the molecule is CCOc1ccc(-c2ccc(N3CCN(C(=O)C4CCC(=O)N4)CC3)nn2)cc1. The smallest absolute Gasteiger partial charge is 0.245 e. The third-order valence-corrected chi connectivity index (χ3v) is 5.32. The van der Waals surface area contributed by atoms with Gasteiger partial charge in [-0.25, -0.2) is 0 Å². The van der Waals surface area contributed by atoms with Crippen molar-refractivity contribution in [2.75, 3.05) is 37.7 Å². The largest absolute Gasteiger partial charge is 0.494 e. The zero-order chi connectivity index (χ0) is 20.2. The molecule has 3 heterocycles. The van der Waals surface area contributed by atoms with E-state index in [0.29, 0.717) is 45.6 Å². The lowest BCUT2D eigenvalue weighted by Crippen LogP contribution is -2.53. The summed E-state index contributed by atoms with van der Waals surface area (Å²) in [5.41, 5.74) is 1.80. The Morgan fingerprint density at radius 2 is 1.86 bits per heavy atom. The van der Waals surface area contributed by atoms with E-state index < -0.39 is 0 Å². The van der Waals surface area contributed by atoms with Crippen molar-refractivity contribution in [2.24, 2.45) is 0 Å². The Labute approximate surface area is 169 Å². The van der Waals surface area contributed by atoms with E-state index in [1.165, 1.54) is 0 Å². The van der Waals surface area contributed by atoms with Crippen molar-refractivity contribution in [3.8, 4) is 17.0 Å². The molecule has 2 amide bonds. The van der Waals surface area contributed by atoms with Crippen LogP contribution in [0.5, 0.6) is 5.75 Å². The van der Waals surface area contributed by atoms with Gasteiger partial charge in [0.05, 0.1) is 12.3 Å². The molecule has 29 heavy (non-hydrogen) atoms. The summed E-state index contributed by atoms with van der Waals surface area (Å²) in [5, 5.41) is 11.5. The van der Waals surface area contributed by atoms with E-state index in [9.17, 15) is 9.59 Å². The molecule has 8 heteroatoms. The zero-order valence-electron chi connectivity index (χ0n) is 16.5. The van der Waals surface area contributed by atoms with Crippen LogP contribution in [-0.2, 0) is 9.59 Å². The van der Waals surface area contributed by atoms with Crippen LogP contribution >= 0.6 is 0 Å². The average Bonchev–Trinajstić information content (AvgIpc) is 3.21. The first kappa shape index (κ1) is 19.2. The number of rotatable bonds is 5. The number of hydrogen-bond acceptors (Lipinski definition) is 6. The number of hydrogen-bond donors (Lipinski definition) is 1. The molecule has 2 aliphatic rings. The number of benzene rings is 1. The zero-order valence-corrected chi connectivity index (χ0v) is 16.5. The lowest BCUT2D eigenvalue weighted by molar-refractivity contribution is -0.134. The number of carbonyl (C=O) groups is 2. The van der Waals surface area contributed by atoms with E-state index in [1.54, 1.807) is 0 Å². The van der Waals surface area contributed by atoms with E-state index >= 15 is 0 Å². The average molecular weight is 395 g/mol. The molecule has 2 fully saturated rings. The van der Waals surface area contributed by atoms with Gasteiger partial charge in [0, 0.05) is 38.2 Å². The number of nitrogens with one attached hydrogen (secondary N) is 1. The van der Waals surface area contributed by atoms with Crippen molar-refractivity contribution in [3.05, 3.63) is 36.4 Å². The summed E-state index contributed by atoms with van der Waals surface area (Å²) in [6.07, 6.45) is 1.03. The lowest BCUT2D eigenvalue weighted by atomic mass is 10.1. The lowest BCUT2D eigenvalue weighted by Gasteiger charge is -2.36. The van der Waals surface area contributed by atoms with Crippen LogP contribution in [0.4, 0.5) is 5.82 Å². The van der Waals surface area contributed by atoms with Gasteiger partial charge in [-0.2, -0.15) is 0 Å². The minimum atomic E-state index is -0.359. The molecule has 1 aromatic carbocycles. The first-order valence-corrected chi connectivity index (χ1v) is 10.0. The summed E-state index contributed by atoms with van der Waals surface area (Å²) < 4.78 is 5.47. The maximum Gasteiger partial charge on any atom is 0.245 e. The Hall–Kier alpha value is -3.16. The van der Waals surface area contributed by atoms with Gasteiger partial charge in [-0.15, -0.1) is 10.2 Å². The van der Waals surface area contributed by atoms with E-state index in [2.05, 4.69) is 20.4 Å². The molecule has 1 N–H and O–H groups in total. The molecule has 2 aromatic rings. The predicted octanol–water partition coefficient (Wildman–Crippen LogP) is 1.47. The van der Waals surface area contributed by atoms with Crippen LogP contribution in [0.3, 0.4) is 0 Å². The van der Waals surface area contributed by atoms with Gasteiger partial charge >= 0.3 is 0 Å². The second kappa shape index (κ2) is 8.46.